The van der Waals surface area contributed by atoms with Crippen LogP contribution in [-0.4, -0.2) is 24.7 Å². The van der Waals surface area contributed by atoms with Crippen molar-refractivity contribution in [3.63, 3.8) is 0 Å². The van der Waals surface area contributed by atoms with Crippen molar-refractivity contribution >= 4 is 13.3 Å². The number of hydrogen-bond donors (Lipinski definition) is 2. The second kappa shape index (κ2) is 8.01. The number of aliphatic hydroxyl groups is 2. The summed E-state index contributed by atoms with van der Waals surface area (Å²) in [6, 6.07) is 16.6. The van der Waals surface area contributed by atoms with E-state index in [4.69, 9.17) is 5.11 Å². The quantitative estimate of drug-likeness (QED) is 0.604. The van der Waals surface area contributed by atoms with E-state index in [2.05, 4.69) is 44.2 Å². The highest BCUT2D eigenvalue weighted by Gasteiger charge is 2.07. The van der Waals surface area contributed by atoms with Gasteiger partial charge in [0.2, 0.25) is 0 Å². The van der Waals surface area contributed by atoms with E-state index in [1.165, 1.54) is 16.6 Å². The molecule has 0 aliphatic rings. The Kier molecular flexibility index (Phi) is 6.03. The van der Waals surface area contributed by atoms with Gasteiger partial charge >= 0.3 is 0 Å². The lowest BCUT2D eigenvalue weighted by atomic mass is 9.93. The summed E-state index contributed by atoms with van der Waals surface area (Å²) in [5.74, 6) is 0. The summed E-state index contributed by atoms with van der Waals surface area (Å²) in [5, 5.41) is 18.9. The highest BCUT2D eigenvalue weighted by Crippen LogP contribution is 2.24. The summed E-state index contributed by atoms with van der Waals surface area (Å²) < 4.78 is 0. The predicted octanol–water partition coefficient (Wildman–Crippen LogP) is 2.20. The van der Waals surface area contributed by atoms with Gasteiger partial charge < -0.3 is 10.2 Å². The molecule has 110 valence electrons. The molecule has 0 aliphatic carbocycles. The minimum Gasteiger partial charge on any atom is -0.396 e. The Bertz CT molecular complexity index is 534. The minimum atomic E-state index is -0.407. The minimum absolute atomic E-state index is 0.237. The molecule has 21 heavy (non-hydrogen) atoms. The zero-order valence-corrected chi connectivity index (χ0v) is 12.6. The van der Waals surface area contributed by atoms with Crippen LogP contribution in [0.2, 0.25) is 0 Å². The zero-order chi connectivity index (χ0) is 15.1. The van der Waals surface area contributed by atoms with Gasteiger partial charge in [-0.2, -0.15) is 0 Å². The van der Waals surface area contributed by atoms with Crippen LogP contribution in [0.3, 0.4) is 0 Å². The molecule has 0 heterocycles. The van der Waals surface area contributed by atoms with Gasteiger partial charge in [-0.1, -0.05) is 66.8 Å². The summed E-state index contributed by atoms with van der Waals surface area (Å²) in [7, 11) is 2.08. The summed E-state index contributed by atoms with van der Waals surface area (Å²) in [6.07, 6.45) is 3.08. The molecule has 1 unspecified atom stereocenters. The fourth-order valence-corrected chi connectivity index (χ4v) is 2.44. The third-order valence-electron chi connectivity index (χ3n) is 3.82. The van der Waals surface area contributed by atoms with Crippen LogP contribution in [-0.2, 0) is 0 Å². The van der Waals surface area contributed by atoms with Gasteiger partial charge in [-0.15, -0.1) is 0 Å². The van der Waals surface area contributed by atoms with Crippen molar-refractivity contribution in [2.75, 3.05) is 6.61 Å². The van der Waals surface area contributed by atoms with Gasteiger partial charge in [-0.3, -0.25) is 0 Å². The second-order valence-electron chi connectivity index (χ2n) is 5.58. The topological polar surface area (TPSA) is 40.5 Å². The largest absolute Gasteiger partial charge is 0.396 e. The molecule has 2 aromatic carbocycles. The summed E-state index contributed by atoms with van der Waals surface area (Å²) in [4.78, 5) is 0. The maximum atomic E-state index is 10.2. The molecule has 1 atom stereocenters. The van der Waals surface area contributed by atoms with Gasteiger partial charge in [-0.05, 0) is 29.5 Å². The molecule has 0 spiro atoms. The van der Waals surface area contributed by atoms with E-state index in [-0.39, 0.29) is 6.61 Å². The highest BCUT2D eigenvalue weighted by atomic mass is 16.3. The molecule has 0 fully saturated rings. The molecule has 0 saturated heterocycles. The van der Waals surface area contributed by atoms with Crippen molar-refractivity contribution in [1.82, 2.24) is 0 Å². The lowest BCUT2D eigenvalue weighted by Crippen LogP contribution is -1.99. The van der Waals surface area contributed by atoms with Gasteiger partial charge in [0.25, 0.3) is 0 Å². The van der Waals surface area contributed by atoms with E-state index < -0.39 is 6.10 Å². The molecule has 0 radical (unpaired) electrons. The van der Waals surface area contributed by atoms with E-state index in [0.717, 1.165) is 31.2 Å². The molecule has 2 N–H and O–H groups in total. The maximum absolute atomic E-state index is 10.2. The van der Waals surface area contributed by atoms with E-state index in [9.17, 15) is 5.11 Å². The lowest BCUT2D eigenvalue weighted by molar-refractivity contribution is 0.162. The van der Waals surface area contributed by atoms with Crippen LogP contribution in [0.5, 0.6) is 0 Å². The maximum Gasteiger partial charge on any atom is 0.139 e. The molecular formula is C18H23BO2. The first-order valence-corrected chi connectivity index (χ1v) is 7.66. The number of rotatable bonds is 7. The van der Waals surface area contributed by atoms with Crippen LogP contribution in [0.1, 0.15) is 37.4 Å². The predicted molar refractivity (Wildman–Crippen MR) is 90.6 cm³/mol. The van der Waals surface area contributed by atoms with Crippen LogP contribution in [0.25, 0.3) is 11.1 Å². The summed E-state index contributed by atoms with van der Waals surface area (Å²) in [5.41, 5.74) is 4.60. The Balaban J connectivity index is 1.96. The molecule has 0 saturated carbocycles. The fourth-order valence-electron chi connectivity index (χ4n) is 2.44. The number of unbranched alkanes of at least 4 members (excludes halogenated alkanes) is 2. The average molecular weight is 282 g/mol. The molecule has 0 amide bonds. The molecule has 2 rings (SSSR count). The lowest BCUT2D eigenvalue weighted by Gasteiger charge is -2.11. The summed E-state index contributed by atoms with van der Waals surface area (Å²) >= 11 is 0. The first-order chi connectivity index (χ1) is 10.2. The third kappa shape index (κ3) is 4.73. The Morgan fingerprint density at radius 2 is 1.38 bits per heavy atom. The van der Waals surface area contributed by atoms with Gasteiger partial charge in [-0.25, -0.2) is 0 Å². The normalized spacial score (nSPS) is 12.3. The fraction of sp³-hybridized carbons (Fsp3) is 0.333. The van der Waals surface area contributed by atoms with Crippen molar-refractivity contribution < 1.29 is 10.2 Å². The smallest absolute Gasteiger partial charge is 0.139 e. The van der Waals surface area contributed by atoms with Crippen molar-refractivity contribution in [2.24, 2.45) is 0 Å². The average Bonchev–Trinajstić information content (AvgIpc) is 2.52. The van der Waals surface area contributed by atoms with Gasteiger partial charge in [0.1, 0.15) is 7.85 Å². The van der Waals surface area contributed by atoms with E-state index in [1.807, 2.05) is 12.1 Å². The number of hydrogen-bond acceptors (Lipinski definition) is 2. The Labute approximate surface area is 127 Å². The van der Waals surface area contributed by atoms with Gasteiger partial charge in [0.15, 0.2) is 0 Å². The molecule has 0 bridgehead atoms. The van der Waals surface area contributed by atoms with Crippen LogP contribution in [0.4, 0.5) is 0 Å². The van der Waals surface area contributed by atoms with Crippen molar-refractivity contribution in [3.05, 3.63) is 54.1 Å². The van der Waals surface area contributed by atoms with E-state index in [0.29, 0.717) is 0 Å². The van der Waals surface area contributed by atoms with Crippen molar-refractivity contribution in [1.29, 1.82) is 0 Å². The number of aliphatic hydroxyl groups excluding tert-OH is 2. The molecular weight excluding hydrogens is 259 g/mol. The number of benzene rings is 2. The highest BCUT2D eigenvalue weighted by molar-refractivity contribution is 6.32. The summed E-state index contributed by atoms with van der Waals surface area (Å²) in [6.45, 7) is 0.237. The SMILES string of the molecule is Bc1ccc(-c2ccc(C(O)CCCCCO)cc2)cc1. The van der Waals surface area contributed by atoms with Gasteiger partial charge in [0.05, 0.1) is 6.10 Å². The van der Waals surface area contributed by atoms with E-state index in [1.54, 1.807) is 0 Å². The third-order valence-corrected chi connectivity index (χ3v) is 3.82. The van der Waals surface area contributed by atoms with Crippen LogP contribution >= 0.6 is 0 Å². The molecule has 2 nitrogen and oxygen atoms in total. The van der Waals surface area contributed by atoms with Crippen molar-refractivity contribution in [2.45, 2.75) is 31.8 Å². The van der Waals surface area contributed by atoms with Crippen molar-refractivity contribution in [3.8, 4) is 11.1 Å². The zero-order valence-electron chi connectivity index (χ0n) is 12.6. The Morgan fingerprint density at radius 1 is 0.810 bits per heavy atom. The van der Waals surface area contributed by atoms with Crippen LogP contribution < -0.4 is 5.46 Å². The molecule has 0 aliphatic heterocycles. The van der Waals surface area contributed by atoms with Gasteiger partial charge in [0, 0.05) is 6.61 Å². The van der Waals surface area contributed by atoms with Crippen LogP contribution in [0.15, 0.2) is 48.5 Å². The van der Waals surface area contributed by atoms with E-state index >= 15 is 0 Å². The molecule has 0 aromatic heterocycles. The monoisotopic (exact) mass is 282 g/mol. The first-order valence-electron chi connectivity index (χ1n) is 7.66. The standard InChI is InChI=1S/C18H23BO2/c19-17-11-9-15(10-12-17)14-5-7-16(8-6-14)18(21)4-2-1-3-13-20/h5-12,18,20-21H,1-4,13,19H2. The Morgan fingerprint density at radius 3 is 1.95 bits per heavy atom. The molecule has 3 heteroatoms. The Hall–Kier alpha value is -1.58. The second-order valence-corrected chi connectivity index (χ2v) is 5.58. The molecule has 2 aromatic rings. The van der Waals surface area contributed by atoms with Crippen LogP contribution in [0, 0.1) is 0 Å². The first kappa shape index (κ1) is 15.8.